The molecule has 1 saturated heterocycles. The van der Waals surface area contributed by atoms with Crippen LogP contribution < -0.4 is 10.6 Å². The number of anilines is 1. The molecule has 1 atom stereocenters. The summed E-state index contributed by atoms with van der Waals surface area (Å²) in [6, 6.07) is 18.1. The van der Waals surface area contributed by atoms with Crippen LogP contribution in [0.1, 0.15) is 63.5 Å². The van der Waals surface area contributed by atoms with Crippen LogP contribution in [0, 0.1) is 5.92 Å². The van der Waals surface area contributed by atoms with E-state index in [0.717, 1.165) is 47.5 Å². The highest BCUT2D eigenvalue weighted by Crippen LogP contribution is 2.48. The van der Waals surface area contributed by atoms with Crippen molar-refractivity contribution < 1.29 is 14.3 Å². The second kappa shape index (κ2) is 12.9. The molecule has 7 heteroatoms. The Balaban J connectivity index is 1.21. The predicted molar refractivity (Wildman–Crippen MR) is 159 cm³/mol. The standard InChI is InChI=1S/C33H44N4O3/c1-25(2)22-33(27-13-5-3-6-14-27)29-24-37(21-16-28(29)31(38)40-33)32(39)35-23-26-12-7-8-15-30(26)34-17-11-20-36-18-9-4-10-19-36/h3,5-8,12-15,25,34H,4,9-11,16-24H2,1-2H3,(H,35,39). The Morgan fingerprint density at radius 1 is 1.00 bits per heavy atom. The summed E-state index contributed by atoms with van der Waals surface area (Å²) < 4.78 is 6.17. The molecule has 2 aromatic rings. The van der Waals surface area contributed by atoms with E-state index in [9.17, 15) is 9.59 Å². The average Bonchev–Trinajstić information content (AvgIpc) is 3.26. The fourth-order valence-electron chi connectivity index (χ4n) is 6.45. The van der Waals surface area contributed by atoms with Gasteiger partial charge in [0, 0.05) is 43.0 Å². The Morgan fingerprint density at radius 2 is 1.75 bits per heavy atom. The topological polar surface area (TPSA) is 73.9 Å². The molecule has 7 nitrogen and oxygen atoms in total. The molecular formula is C33H44N4O3. The highest BCUT2D eigenvalue weighted by Gasteiger charge is 2.50. The van der Waals surface area contributed by atoms with Crippen LogP contribution in [0.2, 0.25) is 0 Å². The number of cyclic esters (lactones) is 1. The summed E-state index contributed by atoms with van der Waals surface area (Å²) in [5.74, 6) is 0.0766. The second-order valence-electron chi connectivity index (χ2n) is 11.8. The Morgan fingerprint density at radius 3 is 2.52 bits per heavy atom. The number of para-hydroxylation sites is 1. The molecule has 1 fully saturated rings. The molecule has 214 valence electrons. The summed E-state index contributed by atoms with van der Waals surface area (Å²) in [7, 11) is 0. The molecule has 0 spiro atoms. The lowest BCUT2D eigenvalue weighted by Crippen LogP contribution is -2.46. The average molecular weight is 545 g/mol. The zero-order valence-electron chi connectivity index (χ0n) is 24.1. The molecule has 0 saturated carbocycles. The molecule has 0 aromatic heterocycles. The number of piperidine rings is 1. The van der Waals surface area contributed by atoms with Crippen molar-refractivity contribution in [1.29, 1.82) is 0 Å². The number of hydrogen-bond acceptors (Lipinski definition) is 5. The van der Waals surface area contributed by atoms with Gasteiger partial charge < -0.3 is 25.2 Å². The van der Waals surface area contributed by atoms with Gasteiger partial charge in [0.2, 0.25) is 0 Å². The number of esters is 1. The van der Waals surface area contributed by atoms with Crippen molar-refractivity contribution in [2.45, 2.75) is 64.5 Å². The van der Waals surface area contributed by atoms with E-state index < -0.39 is 5.60 Å². The van der Waals surface area contributed by atoms with Crippen LogP contribution in [0.15, 0.2) is 65.7 Å². The van der Waals surface area contributed by atoms with Gasteiger partial charge in [0.15, 0.2) is 5.60 Å². The van der Waals surface area contributed by atoms with Crippen molar-refractivity contribution in [3.63, 3.8) is 0 Å². The molecule has 40 heavy (non-hydrogen) atoms. The predicted octanol–water partition coefficient (Wildman–Crippen LogP) is 5.68. The minimum atomic E-state index is -0.814. The number of rotatable bonds is 10. The summed E-state index contributed by atoms with van der Waals surface area (Å²) in [4.78, 5) is 30.8. The van der Waals surface area contributed by atoms with E-state index in [-0.39, 0.29) is 12.0 Å². The van der Waals surface area contributed by atoms with Crippen molar-refractivity contribution in [3.05, 3.63) is 76.9 Å². The van der Waals surface area contributed by atoms with Crippen molar-refractivity contribution in [2.75, 3.05) is 44.6 Å². The second-order valence-corrected chi connectivity index (χ2v) is 11.8. The summed E-state index contributed by atoms with van der Waals surface area (Å²) >= 11 is 0. The van der Waals surface area contributed by atoms with Crippen LogP contribution in [0.3, 0.4) is 0 Å². The van der Waals surface area contributed by atoms with Gasteiger partial charge in [-0.15, -0.1) is 0 Å². The zero-order valence-corrected chi connectivity index (χ0v) is 24.1. The Kier molecular flexibility index (Phi) is 9.10. The molecule has 2 amide bonds. The van der Waals surface area contributed by atoms with Gasteiger partial charge in [0.05, 0.1) is 0 Å². The molecule has 3 aliphatic rings. The van der Waals surface area contributed by atoms with Gasteiger partial charge >= 0.3 is 12.0 Å². The number of likely N-dealkylation sites (tertiary alicyclic amines) is 1. The van der Waals surface area contributed by atoms with Crippen LogP contribution in [0.25, 0.3) is 0 Å². The van der Waals surface area contributed by atoms with Crippen LogP contribution in [-0.2, 0) is 21.7 Å². The van der Waals surface area contributed by atoms with E-state index in [4.69, 9.17) is 4.74 Å². The monoisotopic (exact) mass is 544 g/mol. The third-order valence-electron chi connectivity index (χ3n) is 8.43. The maximum atomic E-state index is 13.4. The van der Waals surface area contributed by atoms with Crippen LogP contribution in [0.4, 0.5) is 10.5 Å². The molecule has 0 aliphatic carbocycles. The van der Waals surface area contributed by atoms with Gasteiger partial charge in [-0.25, -0.2) is 9.59 Å². The summed E-state index contributed by atoms with van der Waals surface area (Å²) in [5, 5.41) is 6.73. The number of carbonyl (C=O) groups is 2. The number of carbonyl (C=O) groups excluding carboxylic acids is 2. The Bertz CT molecular complexity index is 1210. The van der Waals surface area contributed by atoms with Crippen LogP contribution >= 0.6 is 0 Å². The maximum absolute atomic E-state index is 13.4. The molecule has 0 bridgehead atoms. The minimum absolute atomic E-state index is 0.114. The molecular weight excluding hydrogens is 500 g/mol. The molecule has 3 aliphatic heterocycles. The summed E-state index contributed by atoms with van der Waals surface area (Å²) in [5.41, 5.74) is 3.99. The van der Waals surface area contributed by atoms with Gasteiger partial charge in [-0.05, 0) is 74.8 Å². The third-order valence-corrected chi connectivity index (χ3v) is 8.43. The van der Waals surface area contributed by atoms with E-state index in [1.807, 2.05) is 47.4 Å². The van der Waals surface area contributed by atoms with E-state index in [0.29, 0.717) is 38.4 Å². The molecule has 3 heterocycles. The number of amides is 2. The van der Waals surface area contributed by atoms with E-state index in [1.165, 1.54) is 32.4 Å². The van der Waals surface area contributed by atoms with Gasteiger partial charge in [-0.2, -0.15) is 0 Å². The first-order valence-corrected chi connectivity index (χ1v) is 15.0. The van der Waals surface area contributed by atoms with Gasteiger partial charge in [0.1, 0.15) is 0 Å². The van der Waals surface area contributed by atoms with E-state index in [1.54, 1.807) is 0 Å². The largest absolute Gasteiger partial charge is 0.446 e. The number of benzene rings is 2. The van der Waals surface area contributed by atoms with Gasteiger partial charge in [0.25, 0.3) is 0 Å². The minimum Gasteiger partial charge on any atom is -0.446 e. The highest BCUT2D eigenvalue weighted by molar-refractivity contribution is 5.94. The fourth-order valence-corrected chi connectivity index (χ4v) is 6.45. The summed E-state index contributed by atoms with van der Waals surface area (Å²) in [6.07, 6.45) is 6.31. The number of nitrogens with one attached hydrogen (secondary N) is 2. The normalized spacial score (nSPS) is 21.4. The summed E-state index contributed by atoms with van der Waals surface area (Å²) in [6.45, 7) is 10.1. The quantitative estimate of drug-likeness (QED) is 0.297. The van der Waals surface area contributed by atoms with Crippen LogP contribution in [0.5, 0.6) is 0 Å². The first kappa shape index (κ1) is 28.2. The van der Waals surface area contributed by atoms with Crippen molar-refractivity contribution in [2.24, 2.45) is 5.92 Å². The molecule has 2 N–H and O–H groups in total. The first-order chi connectivity index (χ1) is 19.5. The lowest BCUT2D eigenvalue weighted by molar-refractivity contribution is -0.149. The zero-order chi connectivity index (χ0) is 28.0. The number of ether oxygens (including phenoxy) is 1. The van der Waals surface area contributed by atoms with Crippen molar-refractivity contribution in [1.82, 2.24) is 15.1 Å². The number of nitrogens with zero attached hydrogens (tertiary/aromatic N) is 2. The van der Waals surface area contributed by atoms with Gasteiger partial charge in [-0.3, -0.25) is 0 Å². The first-order valence-electron chi connectivity index (χ1n) is 15.0. The molecule has 5 rings (SSSR count). The molecule has 2 aromatic carbocycles. The fraction of sp³-hybridized carbons (Fsp3) is 0.515. The molecule has 1 unspecified atom stereocenters. The Hall–Kier alpha value is -3.32. The number of hydrogen-bond donors (Lipinski definition) is 2. The smallest absolute Gasteiger partial charge is 0.335 e. The highest BCUT2D eigenvalue weighted by atomic mass is 16.6. The van der Waals surface area contributed by atoms with E-state index >= 15 is 0 Å². The Labute approximate surface area is 239 Å². The van der Waals surface area contributed by atoms with E-state index in [2.05, 4.69) is 41.5 Å². The van der Waals surface area contributed by atoms with Crippen molar-refractivity contribution in [3.8, 4) is 0 Å². The lowest BCUT2D eigenvalue weighted by atomic mass is 9.77. The third kappa shape index (κ3) is 6.35. The number of urea groups is 1. The molecule has 0 radical (unpaired) electrons. The van der Waals surface area contributed by atoms with Crippen molar-refractivity contribution >= 4 is 17.7 Å². The lowest BCUT2D eigenvalue weighted by Gasteiger charge is -2.37. The van der Waals surface area contributed by atoms with Crippen LogP contribution in [-0.4, -0.2) is 61.1 Å². The SMILES string of the molecule is CC(C)CC1(c2ccccc2)OC(=O)C2=C1CN(C(=O)NCc1ccccc1NCCCN1CCCCC1)CC2. The maximum Gasteiger partial charge on any atom is 0.335 e. The van der Waals surface area contributed by atoms with Gasteiger partial charge in [-0.1, -0.05) is 68.8 Å².